The zero-order chi connectivity index (χ0) is 18.9. The molecule has 0 aromatic rings. The number of hydrogen-bond donors (Lipinski definition) is 1. The number of amides is 3. The molecule has 2 unspecified atom stereocenters. The van der Waals surface area contributed by atoms with E-state index in [1.807, 2.05) is 46.4 Å². The van der Waals surface area contributed by atoms with Gasteiger partial charge in [-0.2, -0.15) is 0 Å². The number of piperazine rings is 1. The Morgan fingerprint density at radius 1 is 1.08 bits per heavy atom. The van der Waals surface area contributed by atoms with Gasteiger partial charge in [-0.05, 0) is 25.7 Å². The van der Waals surface area contributed by atoms with Gasteiger partial charge in [-0.25, -0.2) is 0 Å². The quantitative estimate of drug-likeness (QED) is 0.837. The van der Waals surface area contributed by atoms with E-state index >= 15 is 0 Å². The summed E-state index contributed by atoms with van der Waals surface area (Å²) in [6.07, 6.45) is 2.00. The monoisotopic (exact) mass is 351 g/mol. The van der Waals surface area contributed by atoms with Gasteiger partial charge in [0.1, 0.15) is 6.04 Å². The molecule has 1 saturated heterocycles. The van der Waals surface area contributed by atoms with Crippen LogP contribution in [-0.4, -0.2) is 59.2 Å². The Hall–Kier alpha value is -1.59. The van der Waals surface area contributed by atoms with Crippen LogP contribution in [0.15, 0.2) is 0 Å². The predicted molar refractivity (Wildman–Crippen MR) is 96.7 cm³/mol. The summed E-state index contributed by atoms with van der Waals surface area (Å²) >= 11 is 0. The van der Waals surface area contributed by atoms with Crippen LogP contribution in [0.3, 0.4) is 0 Å². The van der Waals surface area contributed by atoms with Crippen molar-refractivity contribution >= 4 is 17.7 Å². The van der Waals surface area contributed by atoms with Crippen molar-refractivity contribution in [3.05, 3.63) is 0 Å². The van der Waals surface area contributed by atoms with E-state index < -0.39 is 11.5 Å². The third kappa shape index (κ3) is 4.73. The van der Waals surface area contributed by atoms with Gasteiger partial charge in [0.25, 0.3) is 0 Å². The molecule has 2 rings (SSSR count). The molecule has 2 fully saturated rings. The first-order valence-corrected chi connectivity index (χ1v) is 9.42. The minimum atomic E-state index is -0.532. The van der Waals surface area contributed by atoms with Gasteiger partial charge in [-0.15, -0.1) is 0 Å². The second-order valence-corrected chi connectivity index (χ2v) is 8.88. The molecule has 1 heterocycles. The van der Waals surface area contributed by atoms with Gasteiger partial charge in [0.2, 0.25) is 17.7 Å². The highest BCUT2D eigenvalue weighted by Gasteiger charge is 2.39. The lowest BCUT2D eigenvalue weighted by Crippen LogP contribution is -2.60. The Bertz CT molecular complexity index is 535. The molecule has 25 heavy (non-hydrogen) atoms. The summed E-state index contributed by atoms with van der Waals surface area (Å²) in [6, 6.07) is -0.499. The van der Waals surface area contributed by atoms with Gasteiger partial charge in [0, 0.05) is 37.0 Å². The topological polar surface area (TPSA) is 69.7 Å². The number of hydrogen-bond acceptors (Lipinski definition) is 3. The molecule has 1 N–H and O–H groups in total. The number of carbonyl (C=O) groups is 3. The smallest absolute Gasteiger partial charge is 0.245 e. The van der Waals surface area contributed by atoms with E-state index in [0.29, 0.717) is 19.6 Å². The average Bonchev–Trinajstić information content (AvgIpc) is 3.34. The Labute approximate surface area is 151 Å². The molecule has 0 aromatic carbocycles. The summed E-state index contributed by atoms with van der Waals surface area (Å²) in [5, 5.41) is 2.92. The lowest BCUT2D eigenvalue weighted by atomic mass is 9.93. The number of nitrogens with zero attached hydrogens (tertiary/aromatic N) is 2. The van der Waals surface area contributed by atoms with Gasteiger partial charge in [-0.1, -0.05) is 34.6 Å². The van der Waals surface area contributed by atoms with Crippen LogP contribution in [0.5, 0.6) is 0 Å². The maximum atomic E-state index is 13.0. The molecule has 6 heteroatoms. The van der Waals surface area contributed by atoms with Crippen molar-refractivity contribution in [2.75, 3.05) is 19.6 Å². The Balaban J connectivity index is 2.00. The summed E-state index contributed by atoms with van der Waals surface area (Å²) in [6.45, 7) is 13.1. The van der Waals surface area contributed by atoms with Crippen molar-refractivity contribution < 1.29 is 14.4 Å². The zero-order valence-corrected chi connectivity index (χ0v) is 16.5. The highest BCUT2D eigenvalue weighted by Crippen LogP contribution is 2.32. The minimum Gasteiger partial charge on any atom is -0.344 e. The molecule has 1 aliphatic carbocycles. The summed E-state index contributed by atoms with van der Waals surface area (Å²) in [5.41, 5.74) is -0.532. The van der Waals surface area contributed by atoms with Crippen LogP contribution in [0.25, 0.3) is 0 Å². The number of rotatable bonds is 4. The summed E-state index contributed by atoms with van der Waals surface area (Å²) < 4.78 is 0. The fourth-order valence-electron chi connectivity index (χ4n) is 3.12. The molecule has 1 saturated carbocycles. The Morgan fingerprint density at radius 3 is 2.12 bits per heavy atom. The molecule has 2 atom stereocenters. The molecule has 0 bridgehead atoms. The molecule has 0 radical (unpaired) electrons. The van der Waals surface area contributed by atoms with Gasteiger partial charge in [0.05, 0.1) is 0 Å². The van der Waals surface area contributed by atoms with Crippen molar-refractivity contribution in [1.29, 1.82) is 0 Å². The first kappa shape index (κ1) is 19.7. The van der Waals surface area contributed by atoms with Crippen molar-refractivity contribution in [1.82, 2.24) is 15.1 Å². The molecular formula is C19H33N3O3. The highest BCUT2D eigenvalue weighted by molar-refractivity contribution is 5.90. The molecule has 2 aliphatic rings. The Kier molecular flexibility index (Phi) is 5.79. The van der Waals surface area contributed by atoms with E-state index in [4.69, 9.17) is 0 Å². The first-order valence-electron chi connectivity index (χ1n) is 9.42. The van der Waals surface area contributed by atoms with Crippen molar-refractivity contribution in [2.45, 2.75) is 66.5 Å². The minimum absolute atomic E-state index is 0.0141. The zero-order valence-electron chi connectivity index (χ0n) is 16.5. The normalized spacial score (nSPS) is 22.8. The predicted octanol–water partition coefficient (Wildman–Crippen LogP) is 1.64. The lowest BCUT2D eigenvalue weighted by molar-refractivity contribution is -0.146. The van der Waals surface area contributed by atoms with E-state index in [-0.39, 0.29) is 35.6 Å². The van der Waals surface area contributed by atoms with Crippen molar-refractivity contribution in [2.24, 2.45) is 17.3 Å². The standard InChI is InChI=1S/C19H33N3O3/c1-12(2)15(20-18(25)19(4,5)6)17(24)21-9-10-22(13(3)11-21)16(23)14-7-8-14/h12-15H,7-11H2,1-6H3,(H,20,25). The van der Waals surface area contributed by atoms with Crippen LogP contribution < -0.4 is 5.32 Å². The van der Waals surface area contributed by atoms with Crippen LogP contribution >= 0.6 is 0 Å². The van der Waals surface area contributed by atoms with Crippen LogP contribution in [0, 0.1) is 17.3 Å². The van der Waals surface area contributed by atoms with E-state index in [9.17, 15) is 14.4 Å². The third-order valence-corrected chi connectivity index (χ3v) is 5.05. The molecular weight excluding hydrogens is 318 g/mol. The number of nitrogens with one attached hydrogen (secondary N) is 1. The SMILES string of the molecule is CC(C)C(NC(=O)C(C)(C)C)C(=O)N1CCN(C(=O)C2CC2)C(C)C1. The van der Waals surface area contributed by atoms with Gasteiger partial charge in [0.15, 0.2) is 0 Å². The van der Waals surface area contributed by atoms with Crippen LogP contribution in [0.1, 0.15) is 54.4 Å². The molecule has 3 amide bonds. The van der Waals surface area contributed by atoms with E-state index in [1.54, 1.807) is 4.90 Å². The molecule has 142 valence electrons. The van der Waals surface area contributed by atoms with E-state index in [1.165, 1.54) is 0 Å². The maximum absolute atomic E-state index is 13.0. The van der Waals surface area contributed by atoms with Gasteiger partial charge in [-0.3, -0.25) is 14.4 Å². The number of carbonyl (C=O) groups excluding carboxylic acids is 3. The molecule has 6 nitrogen and oxygen atoms in total. The first-order chi connectivity index (χ1) is 11.5. The van der Waals surface area contributed by atoms with Crippen LogP contribution in [0.4, 0.5) is 0 Å². The van der Waals surface area contributed by atoms with Gasteiger partial charge >= 0.3 is 0 Å². The summed E-state index contributed by atoms with van der Waals surface area (Å²) in [4.78, 5) is 41.3. The van der Waals surface area contributed by atoms with Crippen LogP contribution in [0.2, 0.25) is 0 Å². The summed E-state index contributed by atoms with van der Waals surface area (Å²) in [5.74, 6) is 0.300. The van der Waals surface area contributed by atoms with Crippen molar-refractivity contribution in [3.8, 4) is 0 Å². The van der Waals surface area contributed by atoms with E-state index in [0.717, 1.165) is 12.8 Å². The molecule has 0 aromatic heterocycles. The second-order valence-electron chi connectivity index (χ2n) is 8.88. The highest BCUT2D eigenvalue weighted by atomic mass is 16.2. The molecule has 1 aliphatic heterocycles. The summed E-state index contributed by atoms with van der Waals surface area (Å²) in [7, 11) is 0. The average molecular weight is 351 g/mol. The van der Waals surface area contributed by atoms with E-state index in [2.05, 4.69) is 5.32 Å². The van der Waals surface area contributed by atoms with Gasteiger partial charge < -0.3 is 15.1 Å². The van der Waals surface area contributed by atoms with Crippen molar-refractivity contribution in [3.63, 3.8) is 0 Å². The third-order valence-electron chi connectivity index (χ3n) is 5.05. The fraction of sp³-hybridized carbons (Fsp3) is 0.842. The molecule has 0 spiro atoms. The lowest BCUT2D eigenvalue weighted by Gasteiger charge is -2.41. The largest absolute Gasteiger partial charge is 0.344 e. The van der Waals surface area contributed by atoms with Crippen LogP contribution in [-0.2, 0) is 14.4 Å². The fourth-order valence-corrected chi connectivity index (χ4v) is 3.12. The second kappa shape index (κ2) is 7.34. The Morgan fingerprint density at radius 2 is 1.68 bits per heavy atom. The maximum Gasteiger partial charge on any atom is 0.245 e.